The normalized spacial score (nSPS) is 20.4. The highest BCUT2D eigenvalue weighted by Gasteiger charge is 2.22. The highest BCUT2D eigenvalue weighted by Crippen LogP contribution is 2.18. The molecule has 0 aromatic heterocycles. The Bertz CT molecular complexity index is 277. The second-order valence-electron chi connectivity index (χ2n) is 4.42. The molecule has 0 saturated carbocycles. The van der Waals surface area contributed by atoms with Crippen LogP contribution in [-0.2, 0) is 9.53 Å². The van der Waals surface area contributed by atoms with E-state index in [1.165, 1.54) is 6.92 Å². The van der Waals surface area contributed by atoms with Crippen LogP contribution in [0.2, 0.25) is 0 Å². The third-order valence-corrected chi connectivity index (χ3v) is 3.05. The predicted octanol–water partition coefficient (Wildman–Crippen LogP) is 0.574. The third kappa shape index (κ3) is 4.60. The van der Waals surface area contributed by atoms with Crippen molar-refractivity contribution in [1.82, 2.24) is 10.6 Å². The fraction of sp³-hybridized carbons (Fsp3) is 0.818. The van der Waals surface area contributed by atoms with E-state index in [0.717, 1.165) is 26.1 Å². The molecule has 1 saturated heterocycles. The van der Waals surface area contributed by atoms with E-state index in [0.29, 0.717) is 5.92 Å². The van der Waals surface area contributed by atoms with Gasteiger partial charge in [0, 0.05) is 19.3 Å². The van der Waals surface area contributed by atoms with E-state index in [2.05, 4.69) is 10.6 Å². The van der Waals surface area contributed by atoms with Crippen LogP contribution in [0.1, 0.15) is 26.7 Å². The van der Waals surface area contributed by atoms with Crippen molar-refractivity contribution in [3.05, 3.63) is 0 Å². The maximum absolute atomic E-state index is 11.5. The smallest absolute Gasteiger partial charge is 0.325 e. The maximum Gasteiger partial charge on any atom is 0.325 e. The van der Waals surface area contributed by atoms with Gasteiger partial charge in [0.1, 0.15) is 6.04 Å². The van der Waals surface area contributed by atoms with E-state index < -0.39 is 18.0 Å². The molecule has 6 nitrogen and oxygen atoms in total. The minimum atomic E-state index is -1.04. The molecule has 1 heterocycles. The van der Waals surface area contributed by atoms with Gasteiger partial charge in [0.05, 0.1) is 0 Å². The summed E-state index contributed by atoms with van der Waals surface area (Å²) in [7, 11) is 0. The van der Waals surface area contributed by atoms with Crippen LogP contribution in [0, 0.1) is 5.92 Å². The monoisotopic (exact) mass is 244 g/mol. The Kier molecular flexibility index (Phi) is 5.21. The van der Waals surface area contributed by atoms with Crippen molar-refractivity contribution in [1.29, 1.82) is 0 Å². The molecule has 0 aromatic rings. The quantitative estimate of drug-likeness (QED) is 0.674. The molecule has 2 atom stereocenters. The number of carbonyl (C=O) groups is 2. The van der Waals surface area contributed by atoms with Crippen LogP contribution >= 0.6 is 0 Å². The molecule has 0 aliphatic carbocycles. The summed E-state index contributed by atoms with van der Waals surface area (Å²) in [6.07, 6.45) is 1.85. The van der Waals surface area contributed by atoms with Gasteiger partial charge in [-0.25, -0.2) is 4.79 Å². The molecule has 1 fully saturated rings. The van der Waals surface area contributed by atoms with Crippen molar-refractivity contribution in [2.75, 3.05) is 13.2 Å². The van der Waals surface area contributed by atoms with Crippen molar-refractivity contribution >= 4 is 12.0 Å². The van der Waals surface area contributed by atoms with Crippen LogP contribution in [0.15, 0.2) is 0 Å². The zero-order valence-electron chi connectivity index (χ0n) is 10.2. The lowest BCUT2D eigenvalue weighted by Crippen LogP contribution is -2.49. The van der Waals surface area contributed by atoms with Crippen molar-refractivity contribution in [3.8, 4) is 0 Å². The number of carbonyl (C=O) groups excluding carboxylic acids is 1. The molecule has 0 aromatic carbocycles. The van der Waals surface area contributed by atoms with Gasteiger partial charge >= 0.3 is 12.0 Å². The molecule has 3 N–H and O–H groups in total. The largest absolute Gasteiger partial charge is 0.480 e. The number of rotatable bonds is 4. The topological polar surface area (TPSA) is 87.7 Å². The number of hydrogen-bond acceptors (Lipinski definition) is 3. The number of ether oxygens (including phenoxy) is 1. The third-order valence-electron chi connectivity index (χ3n) is 3.05. The van der Waals surface area contributed by atoms with Gasteiger partial charge in [-0.3, -0.25) is 4.79 Å². The van der Waals surface area contributed by atoms with Crippen LogP contribution in [0.5, 0.6) is 0 Å². The second-order valence-corrected chi connectivity index (χ2v) is 4.42. The molecule has 17 heavy (non-hydrogen) atoms. The number of hydrogen-bond donors (Lipinski definition) is 3. The number of aliphatic carboxylic acids is 1. The number of urea groups is 1. The average Bonchev–Trinajstić information content (AvgIpc) is 2.29. The maximum atomic E-state index is 11.5. The summed E-state index contributed by atoms with van der Waals surface area (Å²) in [6, 6.07) is -1.28. The molecule has 0 spiro atoms. The van der Waals surface area contributed by atoms with Crippen LogP contribution in [0.25, 0.3) is 0 Å². The molecule has 1 aliphatic rings. The van der Waals surface area contributed by atoms with Crippen molar-refractivity contribution in [2.24, 2.45) is 5.92 Å². The Morgan fingerprint density at radius 3 is 2.35 bits per heavy atom. The fourth-order valence-corrected chi connectivity index (χ4v) is 1.84. The van der Waals surface area contributed by atoms with Gasteiger partial charge in [-0.05, 0) is 32.6 Å². The van der Waals surface area contributed by atoms with Gasteiger partial charge in [0.25, 0.3) is 0 Å². The zero-order valence-corrected chi connectivity index (χ0v) is 10.2. The standard InChI is InChI=1S/C11H20N2O4/c1-7(9-3-5-17-6-4-9)12-11(16)13-8(2)10(14)15/h7-9H,3-6H2,1-2H3,(H,14,15)(H2,12,13,16). The molecule has 0 radical (unpaired) electrons. The van der Waals surface area contributed by atoms with Crippen LogP contribution < -0.4 is 10.6 Å². The summed E-state index contributed by atoms with van der Waals surface area (Å²) in [5.41, 5.74) is 0. The molecule has 98 valence electrons. The summed E-state index contributed by atoms with van der Waals surface area (Å²) < 4.78 is 5.24. The lowest BCUT2D eigenvalue weighted by Gasteiger charge is -2.28. The summed E-state index contributed by atoms with van der Waals surface area (Å²) in [5.74, 6) is -0.645. The Hall–Kier alpha value is -1.30. The van der Waals surface area contributed by atoms with Crippen molar-refractivity contribution in [2.45, 2.75) is 38.8 Å². The highest BCUT2D eigenvalue weighted by atomic mass is 16.5. The SMILES string of the molecule is CC(NC(=O)NC(C)C1CCOCC1)C(=O)O. The molecule has 2 amide bonds. The first-order valence-electron chi connectivity index (χ1n) is 5.88. The van der Waals surface area contributed by atoms with Gasteiger partial charge in [-0.1, -0.05) is 0 Å². The van der Waals surface area contributed by atoms with E-state index in [4.69, 9.17) is 9.84 Å². The average molecular weight is 244 g/mol. The molecule has 0 bridgehead atoms. The second kappa shape index (κ2) is 6.44. The first-order chi connectivity index (χ1) is 8.00. The number of amides is 2. The van der Waals surface area contributed by atoms with Gasteiger partial charge in [0.2, 0.25) is 0 Å². The van der Waals surface area contributed by atoms with E-state index in [-0.39, 0.29) is 6.04 Å². The van der Waals surface area contributed by atoms with Gasteiger partial charge in [-0.15, -0.1) is 0 Å². The number of nitrogens with one attached hydrogen (secondary N) is 2. The Balaban J connectivity index is 2.31. The highest BCUT2D eigenvalue weighted by molar-refractivity contribution is 5.82. The Morgan fingerprint density at radius 1 is 1.24 bits per heavy atom. The summed E-state index contributed by atoms with van der Waals surface area (Å²) >= 11 is 0. The van der Waals surface area contributed by atoms with E-state index in [1.807, 2.05) is 6.92 Å². The van der Waals surface area contributed by atoms with Crippen LogP contribution in [0.4, 0.5) is 4.79 Å². The predicted molar refractivity (Wildman–Crippen MR) is 61.8 cm³/mol. The molecule has 1 rings (SSSR count). The molecular formula is C11H20N2O4. The minimum absolute atomic E-state index is 0.0277. The zero-order chi connectivity index (χ0) is 12.8. The first-order valence-corrected chi connectivity index (χ1v) is 5.88. The fourth-order valence-electron chi connectivity index (χ4n) is 1.84. The minimum Gasteiger partial charge on any atom is -0.480 e. The van der Waals surface area contributed by atoms with Gasteiger partial charge in [0.15, 0.2) is 0 Å². The number of carboxylic acids is 1. The molecule has 1 aliphatic heterocycles. The summed E-state index contributed by atoms with van der Waals surface area (Å²) in [5, 5.41) is 13.8. The van der Waals surface area contributed by atoms with Crippen LogP contribution in [-0.4, -0.2) is 42.4 Å². The molecule has 6 heteroatoms. The number of carboxylic acid groups (broad SMARTS) is 1. The lowest BCUT2D eigenvalue weighted by atomic mass is 9.93. The van der Waals surface area contributed by atoms with Gasteiger partial charge in [-0.2, -0.15) is 0 Å². The van der Waals surface area contributed by atoms with Crippen molar-refractivity contribution < 1.29 is 19.4 Å². The van der Waals surface area contributed by atoms with Crippen molar-refractivity contribution in [3.63, 3.8) is 0 Å². The van der Waals surface area contributed by atoms with E-state index in [9.17, 15) is 9.59 Å². The Morgan fingerprint density at radius 2 is 1.82 bits per heavy atom. The van der Waals surface area contributed by atoms with E-state index in [1.54, 1.807) is 0 Å². The Labute approximate surface area is 101 Å². The first kappa shape index (κ1) is 13.8. The van der Waals surface area contributed by atoms with Crippen LogP contribution in [0.3, 0.4) is 0 Å². The van der Waals surface area contributed by atoms with E-state index >= 15 is 0 Å². The summed E-state index contributed by atoms with van der Waals surface area (Å²) in [6.45, 7) is 4.82. The molecular weight excluding hydrogens is 224 g/mol. The summed E-state index contributed by atoms with van der Waals surface area (Å²) in [4.78, 5) is 22.1. The lowest BCUT2D eigenvalue weighted by molar-refractivity contribution is -0.138. The molecule has 2 unspecified atom stereocenters. The van der Waals surface area contributed by atoms with Gasteiger partial charge < -0.3 is 20.5 Å².